The van der Waals surface area contributed by atoms with Gasteiger partial charge >= 0.3 is 0 Å². The number of ether oxygens (including phenoxy) is 3. The Morgan fingerprint density at radius 2 is 1.66 bits per heavy atom. The number of carbonyl (C=O) groups excluding carboxylic acids is 1. The highest BCUT2D eigenvalue weighted by Crippen LogP contribution is 2.33. The summed E-state index contributed by atoms with van der Waals surface area (Å²) in [5, 5.41) is 0. The molecule has 0 aliphatic carbocycles. The van der Waals surface area contributed by atoms with Gasteiger partial charge in [0.05, 0.1) is 5.92 Å². The van der Waals surface area contributed by atoms with E-state index in [0.29, 0.717) is 19.3 Å². The topological polar surface area (TPSA) is 54.5 Å². The summed E-state index contributed by atoms with van der Waals surface area (Å²) in [6, 6.07) is 12.8. The first-order valence-electron chi connectivity index (χ1n) is 13.0. The lowest BCUT2D eigenvalue weighted by molar-refractivity contribution is -0.137. The second kappa shape index (κ2) is 10.9. The van der Waals surface area contributed by atoms with Crippen molar-refractivity contribution >= 4 is 5.91 Å². The summed E-state index contributed by atoms with van der Waals surface area (Å²) in [6.07, 6.45) is 2.08. The van der Waals surface area contributed by atoms with Crippen LogP contribution in [0.5, 0.6) is 17.2 Å². The van der Waals surface area contributed by atoms with Crippen LogP contribution in [-0.4, -0.2) is 66.7 Å². The number of carbonyl (C=O) groups is 1. The number of fused-ring (bicyclic) bond motifs is 2. The van der Waals surface area contributed by atoms with Gasteiger partial charge in [-0.2, -0.15) is 0 Å². The van der Waals surface area contributed by atoms with E-state index in [1.165, 1.54) is 16.7 Å². The number of nitrogens with zero attached hydrogens (tertiary/aromatic N) is 3. The highest BCUT2D eigenvalue weighted by molar-refractivity contribution is 5.79. The number of piperidine rings is 1. The molecule has 0 spiro atoms. The Morgan fingerprint density at radius 1 is 0.914 bits per heavy atom. The van der Waals surface area contributed by atoms with E-state index in [1.54, 1.807) is 0 Å². The molecule has 1 amide bonds. The summed E-state index contributed by atoms with van der Waals surface area (Å²) >= 11 is 0. The van der Waals surface area contributed by atoms with Crippen molar-refractivity contribution in [2.75, 3.05) is 46.1 Å². The number of rotatable bonds is 7. The zero-order chi connectivity index (χ0) is 24.2. The number of hydrogen-bond donors (Lipinski definition) is 0. The molecule has 1 atom stereocenters. The van der Waals surface area contributed by atoms with Crippen molar-refractivity contribution in [1.29, 1.82) is 0 Å². The van der Waals surface area contributed by atoms with E-state index in [9.17, 15) is 4.79 Å². The van der Waals surface area contributed by atoms with E-state index >= 15 is 0 Å². The van der Waals surface area contributed by atoms with Gasteiger partial charge in [-0.25, -0.2) is 0 Å². The van der Waals surface area contributed by atoms with Gasteiger partial charge in [-0.15, -0.1) is 0 Å². The molecule has 1 unspecified atom stereocenters. The molecule has 0 saturated carbocycles. The fourth-order valence-electron chi connectivity index (χ4n) is 5.49. The fourth-order valence-corrected chi connectivity index (χ4v) is 5.49. The Labute approximate surface area is 208 Å². The molecule has 1 saturated heterocycles. The van der Waals surface area contributed by atoms with Gasteiger partial charge in [-0.1, -0.05) is 12.1 Å². The van der Waals surface area contributed by atoms with Crippen LogP contribution in [0.1, 0.15) is 43.4 Å². The lowest BCUT2D eigenvalue weighted by Gasteiger charge is -2.34. The van der Waals surface area contributed by atoms with Crippen molar-refractivity contribution < 1.29 is 19.0 Å². The van der Waals surface area contributed by atoms with Crippen LogP contribution in [0.3, 0.4) is 0 Å². The van der Waals surface area contributed by atoms with Crippen LogP contribution in [0.4, 0.5) is 0 Å². The molecule has 5 rings (SSSR count). The molecule has 0 radical (unpaired) electrons. The zero-order valence-corrected chi connectivity index (χ0v) is 21.0. The van der Waals surface area contributed by atoms with Crippen molar-refractivity contribution in [2.45, 2.75) is 46.3 Å². The van der Waals surface area contributed by atoms with Crippen LogP contribution in [-0.2, 0) is 24.4 Å². The number of hydrogen-bond acceptors (Lipinski definition) is 6. The summed E-state index contributed by atoms with van der Waals surface area (Å²) < 4.78 is 17.1. The highest BCUT2D eigenvalue weighted by atomic mass is 16.7. The maximum Gasteiger partial charge on any atom is 0.231 e. The molecule has 1 fully saturated rings. The van der Waals surface area contributed by atoms with E-state index in [0.717, 1.165) is 82.4 Å². The molecule has 35 heavy (non-hydrogen) atoms. The first-order valence-corrected chi connectivity index (χ1v) is 13.0. The number of amides is 1. The first-order chi connectivity index (χ1) is 17.1. The predicted molar refractivity (Wildman–Crippen MR) is 135 cm³/mol. The van der Waals surface area contributed by atoms with E-state index in [-0.39, 0.29) is 5.92 Å². The minimum Gasteiger partial charge on any atom is -0.492 e. The van der Waals surface area contributed by atoms with Crippen molar-refractivity contribution in [1.82, 2.24) is 14.7 Å². The van der Waals surface area contributed by atoms with E-state index in [1.807, 2.05) is 11.0 Å². The SMILES string of the molecule is CCN(CC)C(=O)C1CCCN(Cc2ccc3c(c2)CN(Cc2ccc4c(c2)OCO4)CCO3)C1. The van der Waals surface area contributed by atoms with Crippen LogP contribution in [0.15, 0.2) is 36.4 Å². The number of likely N-dealkylation sites (tertiary alicyclic amines) is 1. The molecule has 2 aromatic carbocycles. The quantitative estimate of drug-likeness (QED) is 0.601. The number of benzene rings is 2. The first kappa shape index (κ1) is 23.9. The molecule has 3 aliphatic rings. The van der Waals surface area contributed by atoms with Gasteiger partial charge in [0, 0.05) is 51.4 Å². The van der Waals surface area contributed by atoms with Crippen LogP contribution in [0, 0.1) is 5.92 Å². The molecular formula is C28H37N3O4. The van der Waals surface area contributed by atoms with Gasteiger partial charge < -0.3 is 19.1 Å². The molecular weight excluding hydrogens is 442 g/mol. The third kappa shape index (κ3) is 5.57. The Morgan fingerprint density at radius 3 is 2.49 bits per heavy atom. The highest BCUT2D eigenvalue weighted by Gasteiger charge is 2.28. The van der Waals surface area contributed by atoms with E-state index in [2.05, 4.69) is 54.0 Å². The molecule has 7 heteroatoms. The molecule has 0 bridgehead atoms. The van der Waals surface area contributed by atoms with Crippen molar-refractivity contribution in [2.24, 2.45) is 5.92 Å². The lowest BCUT2D eigenvalue weighted by Crippen LogP contribution is -2.44. The second-order valence-electron chi connectivity index (χ2n) is 9.77. The van der Waals surface area contributed by atoms with E-state index in [4.69, 9.17) is 14.2 Å². The lowest BCUT2D eigenvalue weighted by atomic mass is 9.95. The van der Waals surface area contributed by atoms with Gasteiger partial charge in [-0.3, -0.25) is 14.6 Å². The predicted octanol–water partition coefficient (Wildman–Crippen LogP) is 3.89. The standard InChI is InChI=1S/C28H37N3O4/c1-3-31(4-2)28(32)23-6-5-11-29(18-23)16-21-7-9-25-24(14-21)19-30(12-13-33-25)17-22-8-10-26-27(15-22)35-20-34-26/h7-10,14-15,23H,3-6,11-13,16-20H2,1-2H3. The molecule has 3 aliphatic heterocycles. The fraction of sp³-hybridized carbons (Fsp3) is 0.536. The third-order valence-electron chi connectivity index (χ3n) is 7.36. The maximum absolute atomic E-state index is 12.9. The van der Waals surface area contributed by atoms with Gasteiger partial charge in [0.2, 0.25) is 12.7 Å². The van der Waals surface area contributed by atoms with Crippen LogP contribution in [0.25, 0.3) is 0 Å². The Kier molecular flexibility index (Phi) is 7.44. The summed E-state index contributed by atoms with van der Waals surface area (Å²) in [7, 11) is 0. The minimum atomic E-state index is 0.116. The maximum atomic E-state index is 12.9. The largest absolute Gasteiger partial charge is 0.492 e. The summed E-state index contributed by atoms with van der Waals surface area (Å²) in [5.41, 5.74) is 3.73. The summed E-state index contributed by atoms with van der Waals surface area (Å²) in [6.45, 7) is 12.0. The Balaban J connectivity index is 1.23. The van der Waals surface area contributed by atoms with Crippen molar-refractivity contribution in [3.63, 3.8) is 0 Å². The van der Waals surface area contributed by atoms with Crippen molar-refractivity contribution in [3.8, 4) is 17.2 Å². The third-order valence-corrected chi connectivity index (χ3v) is 7.36. The van der Waals surface area contributed by atoms with Crippen LogP contribution < -0.4 is 14.2 Å². The molecule has 3 heterocycles. The molecule has 0 aromatic heterocycles. The van der Waals surface area contributed by atoms with Gasteiger partial charge in [0.1, 0.15) is 12.4 Å². The Bertz CT molecular complexity index is 1040. The minimum absolute atomic E-state index is 0.116. The second-order valence-corrected chi connectivity index (χ2v) is 9.77. The van der Waals surface area contributed by atoms with Crippen LogP contribution in [0.2, 0.25) is 0 Å². The average Bonchev–Trinajstić information content (AvgIpc) is 3.25. The molecule has 7 nitrogen and oxygen atoms in total. The average molecular weight is 480 g/mol. The van der Waals surface area contributed by atoms with E-state index < -0.39 is 0 Å². The summed E-state index contributed by atoms with van der Waals surface area (Å²) in [5.74, 6) is 3.06. The zero-order valence-electron chi connectivity index (χ0n) is 21.0. The smallest absolute Gasteiger partial charge is 0.231 e. The molecule has 0 N–H and O–H groups in total. The van der Waals surface area contributed by atoms with Crippen LogP contribution >= 0.6 is 0 Å². The van der Waals surface area contributed by atoms with Gasteiger partial charge in [-0.05, 0) is 68.6 Å². The summed E-state index contributed by atoms with van der Waals surface area (Å²) in [4.78, 5) is 19.7. The van der Waals surface area contributed by atoms with Gasteiger partial charge in [0.15, 0.2) is 11.5 Å². The van der Waals surface area contributed by atoms with Gasteiger partial charge in [0.25, 0.3) is 0 Å². The van der Waals surface area contributed by atoms with Crippen molar-refractivity contribution in [3.05, 3.63) is 53.1 Å². The Hall–Kier alpha value is -2.77. The monoisotopic (exact) mass is 479 g/mol. The normalized spacial score (nSPS) is 20.1. The molecule has 2 aromatic rings. The molecule has 188 valence electrons.